The maximum atomic E-state index is 12.5. The molecule has 1 unspecified atom stereocenters. The summed E-state index contributed by atoms with van der Waals surface area (Å²) in [4.78, 5) is 28.0. The third-order valence-electron chi connectivity index (χ3n) is 3.81. The van der Waals surface area contributed by atoms with E-state index in [9.17, 15) is 9.59 Å². The molecule has 1 amide bonds. The average Bonchev–Trinajstić information content (AvgIpc) is 3.29. The van der Waals surface area contributed by atoms with Crippen molar-refractivity contribution in [1.82, 2.24) is 9.80 Å². The van der Waals surface area contributed by atoms with Gasteiger partial charge in [0.25, 0.3) is 0 Å². The second kappa shape index (κ2) is 7.04. The van der Waals surface area contributed by atoms with Crippen LogP contribution in [0, 0.1) is 0 Å². The molecule has 2 aliphatic rings. The molecule has 1 heterocycles. The number of amides is 1. The van der Waals surface area contributed by atoms with Crippen molar-refractivity contribution in [2.75, 3.05) is 39.5 Å². The highest BCUT2D eigenvalue weighted by atomic mass is 16.5. The van der Waals surface area contributed by atoms with Gasteiger partial charge in [0.2, 0.25) is 5.91 Å². The average molecular weight is 284 g/mol. The highest BCUT2D eigenvalue weighted by molar-refractivity contribution is 5.82. The quantitative estimate of drug-likeness (QED) is 0.655. The zero-order valence-electron chi connectivity index (χ0n) is 12.3. The fourth-order valence-corrected chi connectivity index (χ4v) is 2.53. The van der Waals surface area contributed by atoms with Gasteiger partial charge in [-0.3, -0.25) is 14.5 Å². The molecule has 1 saturated carbocycles. The largest absolute Gasteiger partial charge is 0.465 e. The van der Waals surface area contributed by atoms with Gasteiger partial charge in [0.05, 0.1) is 32.4 Å². The molecule has 2 fully saturated rings. The first-order valence-corrected chi connectivity index (χ1v) is 7.41. The SMILES string of the molecule is CCOC(=O)CN(C1CC1)C(C)C(=O)N1CCOCC1. The summed E-state index contributed by atoms with van der Waals surface area (Å²) in [5, 5.41) is 0. The summed E-state index contributed by atoms with van der Waals surface area (Å²) in [5.74, 6) is -0.162. The lowest BCUT2D eigenvalue weighted by Gasteiger charge is -2.34. The van der Waals surface area contributed by atoms with Gasteiger partial charge in [-0.15, -0.1) is 0 Å². The zero-order valence-corrected chi connectivity index (χ0v) is 12.3. The van der Waals surface area contributed by atoms with Gasteiger partial charge in [-0.2, -0.15) is 0 Å². The van der Waals surface area contributed by atoms with Crippen LogP contribution in [0.1, 0.15) is 26.7 Å². The number of carbonyl (C=O) groups is 2. The van der Waals surface area contributed by atoms with Gasteiger partial charge in [0.15, 0.2) is 0 Å². The van der Waals surface area contributed by atoms with E-state index in [2.05, 4.69) is 0 Å². The van der Waals surface area contributed by atoms with E-state index in [1.807, 2.05) is 16.7 Å². The Labute approximate surface area is 120 Å². The van der Waals surface area contributed by atoms with Gasteiger partial charge in [0.1, 0.15) is 0 Å². The van der Waals surface area contributed by atoms with E-state index in [-0.39, 0.29) is 24.5 Å². The maximum Gasteiger partial charge on any atom is 0.320 e. The smallest absolute Gasteiger partial charge is 0.320 e. The second-order valence-corrected chi connectivity index (χ2v) is 5.32. The Morgan fingerprint density at radius 1 is 1.35 bits per heavy atom. The number of morpholine rings is 1. The summed E-state index contributed by atoms with van der Waals surface area (Å²) < 4.78 is 10.3. The molecule has 1 aliphatic carbocycles. The number of carbonyl (C=O) groups excluding carboxylic acids is 2. The predicted molar refractivity (Wildman–Crippen MR) is 73.2 cm³/mol. The molecule has 0 bridgehead atoms. The van der Waals surface area contributed by atoms with E-state index in [1.165, 1.54) is 0 Å². The van der Waals surface area contributed by atoms with Gasteiger partial charge < -0.3 is 14.4 Å². The van der Waals surface area contributed by atoms with E-state index >= 15 is 0 Å². The molecule has 0 aromatic rings. The van der Waals surface area contributed by atoms with Crippen LogP contribution in [0.5, 0.6) is 0 Å². The minimum absolute atomic E-state index is 0.0875. The predicted octanol–water partition coefficient (Wildman–Crippen LogP) is 0.261. The lowest BCUT2D eigenvalue weighted by atomic mass is 10.2. The molecule has 0 spiro atoms. The molecule has 1 atom stereocenters. The molecule has 0 aromatic carbocycles. The highest BCUT2D eigenvalue weighted by Gasteiger charge is 2.38. The molecule has 2 rings (SSSR count). The molecular weight excluding hydrogens is 260 g/mol. The molecule has 0 aromatic heterocycles. The Hall–Kier alpha value is -1.14. The normalized spacial score (nSPS) is 20.9. The monoisotopic (exact) mass is 284 g/mol. The molecule has 1 saturated heterocycles. The summed E-state index contributed by atoms with van der Waals surface area (Å²) in [7, 11) is 0. The van der Waals surface area contributed by atoms with Crippen LogP contribution in [0.4, 0.5) is 0 Å². The number of hydrogen-bond donors (Lipinski definition) is 0. The van der Waals surface area contributed by atoms with Crippen LogP contribution in [0.3, 0.4) is 0 Å². The minimum Gasteiger partial charge on any atom is -0.465 e. The Morgan fingerprint density at radius 3 is 2.55 bits per heavy atom. The van der Waals surface area contributed by atoms with Crippen LogP contribution < -0.4 is 0 Å². The third kappa shape index (κ3) is 3.93. The first kappa shape index (κ1) is 15.3. The summed E-state index contributed by atoms with van der Waals surface area (Å²) in [5.41, 5.74) is 0. The Morgan fingerprint density at radius 2 is 2.00 bits per heavy atom. The van der Waals surface area contributed by atoms with Crippen LogP contribution in [0.25, 0.3) is 0 Å². The molecule has 20 heavy (non-hydrogen) atoms. The molecule has 1 aliphatic heterocycles. The highest BCUT2D eigenvalue weighted by Crippen LogP contribution is 2.29. The molecule has 6 nitrogen and oxygen atoms in total. The summed E-state index contributed by atoms with van der Waals surface area (Å²) in [6.07, 6.45) is 2.11. The summed E-state index contributed by atoms with van der Waals surface area (Å²) in [6, 6.07) is 0.0735. The van der Waals surface area contributed by atoms with Crippen molar-refractivity contribution in [3.8, 4) is 0 Å². The van der Waals surface area contributed by atoms with Crippen molar-refractivity contribution in [1.29, 1.82) is 0 Å². The van der Waals surface area contributed by atoms with Crippen molar-refractivity contribution in [2.45, 2.75) is 38.8 Å². The lowest BCUT2D eigenvalue weighted by Crippen LogP contribution is -2.52. The fraction of sp³-hybridized carbons (Fsp3) is 0.857. The third-order valence-corrected chi connectivity index (χ3v) is 3.81. The number of rotatable bonds is 6. The Bertz CT molecular complexity index is 351. The number of esters is 1. The van der Waals surface area contributed by atoms with Gasteiger partial charge in [0, 0.05) is 19.1 Å². The van der Waals surface area contributed by atoms with Crippen molar-refractivity contribution in [2.24, 2.45) is 0 Å². The zero-order chi connectivity index (χ0) is 14.5. The fourth-order valence-electron chi connectivity index (χ4n) is 2.53. The minimum atomic E-state index is -0.273. The van der Waals surface area contributed by atoms with Crippen molar-refractivity contribution in [3.63, 3.8) is 0 Å². The Kier molecular flexibility index (Phi) is 5.37. The summed E-state index contributed by atoms with van der Waals surface area (Å²) in [6.45, 7) is 6.73. The van der Waals surface area contributed by atoms with Crippen molar-refractivity contribution >= 4 is 11.9 Å². The number of hydrogen-bond acceptors (Lipinski definition) is 5. The van der Waals surface area contributed by atoms with Crippen LogP contribution in [-0.2, 0) is 19.1 Å². The van der Waals surface area contributed by atoms with E-state index in [1.54, 1.807) is 6.92 Å². The molecule has 6 heteroatoms. The number of nitrogens with zero attached hydrogens (tertiary/aromatic N) is 2. The number of ether oxygens (including phenoxy) is 2. The van der Waals surface area contributed by atoms with Crippen molar-refractivity contribution < 1.29 is 19.1 Å². The van der Waals surface area contributed by atoms with Crippen molar-refractivity contribution in [3.05, 3.63) is 0 Å². The van der Waals surface area contributed by atoms with Crippen LogP contribution in [-0.4, -0.2) is 73.2 Å². The molecular formula is C14H24N2O4. The van der Waals surface area contributed by atoms with Crippen LogP contribution >= 0.6 is 0 Å². The standard InChI is InChI=1S/C14H24N2O4/c1-3-20-13(17)10-16(12-4-5-12)11(2)14(18)15-6-8-19-9-7-15/h11-12H,3-10H2,1-2H3. The van der Waals surface area contributed by atoms with E-state index in [0.29, 0.717) is 39.0 Å². The summed E-state index contributed by atoms with van der Waals surface area (Å²) >= 11 is 0. The molecule has 0 N–H and O–H groups in total. The van der Waals surface area contributed by atoms with E-state index in [0.717, 1.165) is 12.8 Å². The molecule has 0 radical (unpaired) electrons. The van der Waals surface area contributed by atoms with Crippen LogP contribution in [0.15, 0.2) is 0 Å². The lowest BCUT2D eigenvalue weighted by molar-refractivity contribution is -0.148. The maximum absolute atomic E-state index is 12.5. The van der Waals surface area contributed by atoms with Gasteiger partial charge in [-0.25, -0.2) is 0 Å². The topological polar surface area (TPSA) is 59.1 Å². The van der Waals surface area contributed by atoms with Gasteiger partial charge >= 0.3 is 5.97 Å². The van der Waals surface area contributed by atoms with Crippen LogP contribution in [0.2, 0.25) is 0 Å². The first-order valence-electron chi connectivity index (χ1n) is 7.41. The van der Waals surface area contributed by atoms with E-state index in [4.69, 9.17) is 9.47 Å². The van der Waals surface area contributed by atoms with Gasteiger partial charge in [-0.1, -0.05) is 0 Å². The first-order chi connectivity index (χ1) is 9.63. The van der Waals surface area contributed by atoms with E-state index < -0.39 is 0 Å². The molecule has 114 valence electrons. The second-order valence-electron chi connectivity index (χ2n) is 5.32. The van der Waals surface area contributed by atoms with Gasteiger partial charge in [-0.05, 0) is 26.7 Å². The Balaban J connectivity index is 1.93.